The Labute approximate surface area is 76.3 Å². The molecule has 0 saturated carbocycles. The highest BCUT2D eigenvalue weighted by Crippen LogP contribution is 2.27. The van der Waals surface area contributed by atoms with Crippen molar-refractivity contribution in [3.63, 3.8) is 0 Å². The van der Waals surface area contributed by atoms with Gasteiger partial charge in [0, 0.05) is 19.4 Å². The fourth-order valence-electron chi connectivity index (χ4n) is 1.67. The molecule has 1 aliphatic rings. The third kappa shape index (κ3) is 1.45. The molecule has 2 heterocycles. The second-order valence-electron chi connectivity index (χ2n) is 3.34. The van der Waals surface area contributed by atoms with Gasteiger partial charge in [-0.15, -0.1) is 5.10 Å². The summed E-state index contributed by atoms with van der Waals surface area (Å²) < 4.78 is 7.00. The minimum Gasteiger partial charge on any atom is -0.394 e. The summed E-state index contributed by atoms with van der Waals surface area (Å²) in [6.07, 6.45) is 5.02. The fraction of sp³-hybridized carbons (Fsp3) is 0.750. The van der Waals surface area contributed by atoms with Crippen LogP contribution in [0.2, 0.25) is 0 Å². The maximum absolute atomic E-state index is 9.37. The zero-order chi connectivity index (χ0) is 9.15. The Morgan fingerprint density at radius 3 is 2.77 bits per heavy atom. The van der Waals surface area contributed by atoms with Crippen molar-refractivity contribution < 1.29 is 9.84 Å². The third-order valence-corrected chi connectivity index (χ3v) is 2.63. The van der Waals surface area contributed by atoms with Crippen molar-refractivity contribution in [2.45, 2.75) is 18.4 Å². The molecule has 1 fully saturated rings. The SMILES string of the molecule is OCC1(n2ccnn2)CCOCC1. The van der Waals surface area contributed by atoms with Gasteiger partial charge in [0.15, 0.2) is 0 Å². The van der Waals surface area contributed by atoms with Crippen molar-refractivity contribution in [3.05, 3.63) is 12.4 Å². The van der Waals surface area contributed by atoms with E-state index in [1.54, 1.807) is 17.1 Å². The molecule has 0 unspecified atom stereocenters. The number of nitrogens with zero attached hydrogens (tertiary/aromatic N) is 3. The molecule has 0 atom stereocenters. The number of rotatable bonds is 2. The first kappa shape index (κ1) is 8.65. The highest BCUT2D eigenvalue weighted by Gasteiger charge is 2.34. The van der Waals surface area contributed by atoms with Gasteiger partial charge in [0.2, 0.25) is 0 Å². The normalized spacial score (nSPS) is 21.6. The van der Waals surface area contributed by atoms with Crippen LogP contribution in [0.5, 0.6) is 0 Å². The van der Waals surface area contributed by atoms with Gasteiger partial charge in [0.1, 0.15) is 0 Å². The molecule has 72 valence electrons. The van der Waals surface area contributed by atoms with E-state index in [0.717, 1.165) is 12.8 Å². The van der Waals surface area contributed by atoms with Gasteiger partial charge in [0.25, 0.3) is 0 Å². The molecule has 1 saturated heterocycles. The molecule has 2 rings (SSSR count). The minimum atomic E-state index is -0.283. The van der Waals surface area contributed by atoms with Gasteiger partial charge < -0.3 is 9.84 Å². The van der Waals surface area contributed by atoms with Crippen LogP contribution in [0.4, 0.5) is 0 Å². The molecule has 1 aromatic heterocycles. The van der Waals surface area contributed by atoms with Crippen molar-refractivity contribution in [1.29, 1.82) is 0 Å². The molecule has 5 heteroatoms. The number of aliphatic hydroxyl groups is 1. The zero-order valence-corrected chi connectivity index (χ0v) is 7.39. The number of aliphatic hydroxyl groups excluding tert-OH is 1. The molecule has 5 nitrogen and oxygen atoms in total. The van der Waals surface area contributed by atoms with E-state index in [1.165, 1.54) is 0 Å². The van der Waals surface area contributed by atoms with Crippen LogP contribution in [0.15, 0.2) is 12.4 Å². The predicted molar refractivity (Wildman–Crippen MR) is 45.1 cm³/mol. The van der Waals surface area contributed by atoms with Crippen molar-refractivity contribution in [2.75, 3.05) is 19.8 Å². The summed E-state index contributed by atoms with van der Waals surface area (Å²) in [4.78, 5) is 0. The quantitative estimate of drug-likeness (QED) is 0.688. The maximum atomic E-state index is 9.37. The first-order valence-corrected chi connectivity index (χ1v) is 4.43. The van der Waals surface area contributed by atoms with Crippen LogP contribution in [-0.2, 0) is 10.3 Å². The Morgan fingerprint density at radius 2 is 2.23 bits per heavy atom. The van der Waals surface area contributed by atoms with Gasteiger partial charge in [-0.1, -0.05) is 5.21 Å². The van der Waals surface area contributed by atoms with E-state index in [2.05, 4.69) is 10.3 Å². The summed E-state index contributed by atoms with van der Waals surface area (Å²) in [6, 6.07) is 0. The van der Waals surface area contributed by atoms with Gasteiger partial charge in [-0.3, -0.25) is 0 Å². The van der Waals surface area contributed by atoms with Crippen molar-refractivity contribution in [2.24, 2.45) is 0 Å². The fourth-order valence-corrected chi connectivity index (χ4v) is 1.67. The number of hydrogen-bond donors (Lipinski definition) is 1. The van der Waals surface area contributed by atoms with E-state index in [1.807, 2.05) is 0 Å². The molecule has 1 aliphatic heterocycles. The van der Waals surface area contributed by atoms with Crippen LogP contribution >= 0.6 is 0 Å². The zero-order valence-electron chi connectivity index (χ0n) is 7.39. The van der Waals surface area contributed by atoms with Crippen LogP contribution in [0.25, 0.3) is 0 Å². The van der Waals surface area contributed by atoms with E-state index in [0.29, 0.717) is 13.2 Å². The highest BCUT2D eigenvalue weighted by molar-refractivity contribution is 4.88. The second-order valence-corrected chi connectivity index (χ2v) is 3.34. The summed E-state index contributed by atoms with van der Waals surface area (Å²) in [6.45, 7) is 1.46. The van der Waals surface area contributed by atoms with Crippen LogP contribution in [0.3, 0.4) is 0 Å². The average molecular weight is 183 g/mol. The summed E-state index contributed by atoms with van der Waals surface area (Å²) in [7, 11) is 0. The van der Waals surface area contributed by atoms with Gasteiger partial charge in [-0.05, 0) is 12.8 Å². The maximum Gasteiger partial charge on any atom is 0.0918 e. The van der Waals surface area contributed by atoms with Crippen molar-refractivity contribution in [3.8, 4) is 0 Å². The minimum absolute atomic E-state index is 0.0969. The number of aromatic nitrogens is 3. The lowest BCUT2D eigenvalue weighted by atomic mass is 9.91. The molecule has 13 heavy (non-hydrogen) atoms. The summed E-state index contributed by atoms with van der Waals surface area (Å²) in [5.74, 6) is 0. The van der Waals surface area contributed by atoms with Gasteiger partial charge in [0.05, 0.1) is 18.3 Å². The number of hydrogen-bond acceptors (Lipinski definition) is 4. The topological polar surface area (TPSA) is 60.2 Å². The van der Waals surface area contributed by atoms with Crippen molar-refractivity contribution >= 4 is 0 Å². The summed E-state index contributed by atoms with van der Waals surface area (Å²) >= 11 is 0. The van der Waals surface area contributed by atoms with E-state index < -0.39 is 0 Å². The van der Waals surface area contributed by atoms with Crippen LogP contribution in [0.1, 0.15) is 12.8 Å². The molecule has 0 radical (unpaired) electrons. The Morgan fingerprint density at radius 1 is 1.46 bits per heavy atom. The molecular weight excluding hydrogens is 170 g/mol. The van der Waals surface area contributed by atoms with Gasteiger partial charge in [-0.25, -0.2) is 4.68 Å². The lowest BCUT2D eigenvalue weighted by Crippen LogP contribution is -2.43. The van der Waals surface area contributed by atoms with E-state index in [9.17, 15) is 5.11 Å². The van der Waals surface area contributed by atoms with E-state index >= 15 is 0 Å². The monoisotopic (exact) mass is 183 g/mol. The molecule has 1 aromatic rings. The van der Waals surface area contributed by atoms with E-state index in [-0.39, 0.29) is 12.1 Å². The molecule has 0 aliphatic carbocycles. The average Bonchev–Trinajstić information content (AvgIpc) is 2.72. The Balaban J connectivity index is 2.23. The number of ether oxygens (including phenoxy) is 1. The van der Waals surface area contributed by atoms with Crippen LogP contribution in [-0.4, -0.2) is 39.9 Å². The molecule has 0 aromatic carbocycles. The Kier molecular flexibility index (Phi) is 2.28. The van der Waals surface area contributed by atoms with Gasteiger partial charge in [-0.2, -0.15) is 0 Å². The third-order valence-electron chi connectivity index (χ3n) is 2.63. The predicted octanol–water partition coefficient (Wildman–Crippen LogP) is -0.224. The van der Waals surface area contributed by atoms with E-state index in [4.69, 9.17) is 4.74 Å². The Hall–Kier alpha value is -0.940. The lowest BCUT2D eigenvalue weighted by molar-refractivity contribution is -0.0152. The first-order chi connectivity index (χ1) is 6.37. The molecule has 1 N–H and O–H groups in total. The molecule has 0 spiro atoms. The van der Waals surface area contributed by atoms with Gasteiger partial charge >= 0.3 is 0 Å². The van der Waals surface area contributed by atoms with Crippen molar-refractivity contribution in [1.82, 2.24) is 15.0 Å². The molecule has 0 bridgehead atoms. The lowest BCUT2D eigenvalue weighted by Gasteiger charge is -2.35. The van der Waals surface area contributed by atoms with Crippen LogP contribution in [0, 0.1) is 0 Å². The Bertz CT molecular complexity index is 254. The largest absolute Gasteiger partial charge is 0.394 e. The van der Waals surface area contributed by atoms with Crippen LogP contribution < -0.4 is 0 Å². The summed E-state index contributed by atoms with van der Waals surface area (Å²) in [5.41, 5.74) is -0.283. The second kappa shape index (κ2) is 3.43. The summed E-state index contributed by atoms with van der Waals surface area (Å²) in [5, 5.41) is 17.1. The smallest absolute Gasteiger partial charge is 0.0918 e. The molecular formula is C8H13N3O2. The first-order valence-electron chi connectivity index (χ1n) is 4.43. The standard InChI is InChI=1S/C8H13N3O2/c12-7-8(1-5-13-6-2-8)11-4-3-9-10-11/h3-4,12H,1-2,5-7H2. The molecule has 0 amide bonds. The highest BCUT2D eigenvalue weighted by atomic mass is 16.5.